The van der Waals surface area contributed by atoms with Crippen LogP contribution in [0.5, 0.6) is 0 Å². The zero-order valence-electron chi connectivity index (χ0n) is 11.6. The number of aromatic nitrogens is 3. The lowest BCUT2D eigenvalue weighted by Gasteiger charge is -2.12. The van der Waals surface area contributed by atoms with Gasteiger partial charge in [-0.15, -0.1) is 0 Å². The van der Waals surface area contributed by atoms with Gasteiger partial charge in [0.05, 0.1) is 17.2 Å². The molecule has 0 saturated carbocycles. The Hall–Kier alpha value is -1.63. The van der Waals surface area contributed by atoms with E-state index in [-0.39, 0.29) is 11.7 Å². The minimum Gasteiger partial charge on any atom is -0.370 e. The Morgan fingerprint density at radius 3 is 2.85 bits per heavy atom. The molecule has 20 heavy (non-hydrogen) atoms. The maximum Gasteiger partial charge on any atom is 0.157 e. The number of nitrogens with zero attached hydrogens (tertiary/aromatic N) is 3. The van der Waals surface area contributed by atoms with Crippen LogP contribution in [0, 0.1) is 19.8 Å². The maximum absolute atomic E-state index is 11.5. The summed E-state index contributed by atoms with van der Waals surface area (Å²) < 4.78 is 24.7. The van der Waals surface area contributed by atoms with E-state index in [9.17, 15) is 8.42 Å². The molecule has 1 aliphatic rings. The lowest BCUT2D eigenvalue weighted by atomic mass is 10.1. The van der Waals surface area contributed by atoms with Gasteiger partial charge in [-0.2, -0.15) is 9.61 Å². The third-order valence-corrected chi connectivity index (χ3v) is 5.41. The summed E-state index contributed by atoms with van der Waals surface area (Å²) in [5.41, 5.74) is 2.64. The fraction of sp³-hybridized carbons (Fsp3) is 0.538. The summed E-state index contributed by atoms with van der Waals surface area (Å²) in [7, 11) is -2.82. The molecule has 0 radical (unpaired) electrons. The average Bonchev–Trinajstić information content (AvgIpc) is 2.88. The van der Waals surface area contributed by atoms with E-state index in [0.717, 1.165) is 29.3 Å². The van der Waals surface area contributed by atoms with Gasteiger partial charge in [0, 0.05) is 24.4 Å². The highest BCUT2D eigenvalue weighted by atomic mass is 32.2. The first-order valence-electron chi connectivity index (χ1n) is 6.71. The van der Waals surface area contributed by atoms with Crippen molar-refractivity contribution >= 4 is 21.3 Å². The fourth-order valence-corrected chi connectivity index (χ4v) is 4.48. The largest absolute Gasteiger partial charge is 0.370 e. The summed E-state index contributed by atoms with van der Waals surface area (Å²) in [6, 6.07) is 3.86. The van der Waals surface area contributed by atoms with Crippen molar-refractivity contribution in [2.45, 2.75) is 20.3 Å². The van der Waals surface area contributed by atoms with E-state index >= 15 is 0 Å². The van der Waals surface area contributed by atoms with Crippen molar-refractivity contribution in [2.75, 3.05) is 23.4 Å². The van der Waals surface area contributed by atoms with Gasteiger partial charge in [-0.25, -0.2) is 13.4 Å². The molecule has 108 valence electrons. The van der Waals surface area contributed by atoms with Gasteiger partial charge in [-0.05, 0) is 26.2 Å². The van der Waals surface area contributed by atoms with Crippen LogP contribution in [0.3, 0.4) is 0 Å². The monoisotopic (exact) mass is 294 g/mol. The summed E-state index contributed by atoms with van der Waals surface area (Å²) in [6.07, 6.45) is 0.737. The molecule has 7 heteroatoms. The van der Waals surface area contributed by atoms with E-state index in [0.29, 0.717) is 12.3 Å². The molecule has 0 aromatic carbocycles. The van der Waals surface area contributed by atoms with Gasteiger partial charge < -0.3 is 5.32 Å². The Kier molecular flexibility index (Phi) is 3.16. The summed E-state index contributed by atoms with van der Waals surface area (Å²) in [5, 5.41) is 7.72. The number of hydrogen-bond acceptors (Lipinski definition) is 5. The summed E-state index contributed by atoms with van der Waals surface area (Å²) in [4.78, 5) is 4.42. The Morgan fingerprint density at radius 1 is 1.35 bits per heavy atom. The molecule has 0 aliphatic carbocycles. The van der Waals surface area contributed by atoms with Crippen LogP contribution in [0.15, 0.2) is 12.1 Å². The van der Waals surface area contributed by atoms with E-state index in [4.69, 9.17) is 0 Å². The molecule has 0 bridgehead atoms. The molecular formula is C13H18N4O2S. The van der Waals surface area contributed by atoms with Crippen LogP contribution in [0.4, 0.5) is 5.82 Å². The Morgan fingerprint density at radius 2 is 2.15 bits per heavy atom. The molecule has 1 aliphatic heterocycles. The molecule has 1 unspecified atom stereocenters. The van der Waals surface area contributed by atoms with Gasteiger partial charge in [-0.1, -0.05) is 0 Å². The summed E-state index contributed by atoms with van der Waals surface area (Å²) >= 11 is 0. The lowest BCUT2D eigenvalue weighted by Crippen LogP contribution is -2.17. The average molecular weight is 294 g/mol. The van der Waals surface area contributed by atoms with Crippen molar-refractivity contribution in [3.8, 4) is 0 Å². The van der Waals surface area contributed by atoms with Gasteiger partial charge in [-0.3, -0.25) is 0 Å². The van der Waals surface area contributed by atoms with Crippen LogP contribution in [0.1, 0.15) is 17.8 Å². The highest BCUT2D eigenvalue weighted by Gasteiger charge is 2.27. The maximum atomic E-state index is 11.5. The van der Waals surface area contributed by atoms with Crippen LogP contribution in [0.25, 0.3) is 5.65 Å². The van der Waals surface area contributed by atoms with Crippen LogP contribution in [-0.4, -0.2) is 41.1 Å². The number of aryl methyl sites for hydroxylation is 2. The molecular weight excluding hydrogens is 276 g/mol. The van der Waals surface area contributed by atoms with Crippen molar-refractivity contribution in [3.05, 3.63) is 23.5 Å². The number of rotatable bonds is 3. The van der Waals surface area contributed by atoms with Crippen molar-refractivity contribution in [3.63, 3.8) is 0 Å². The lowest BCUT2D eigenvalue weighted by molar-refractivity contribution is 0.595. The minimum absolute atomic E-state index is 0.181. The molecule has 6 nitrogen and oxygen atoms in total. The van der Waals surface area contributed by atoms with E-state index in [2.05, 4.69) is 15.4 Å². The predicted octanol–water partition coefficient (Wildman–Crippen LogP) is 1.19. The highest BCUT2D eigenvalue weighted by molar-refractivity contribution is 7.91. The Bertz CT molecular complexity index is 751. The van der Waals surface area contributed by atoms with E-state index in [1.165, 1.54) is 0 Å². The van der Waals surface area contributed by atoms with Gasteiger partial charge in [0.1, 0.15) is 5.82 Å². The molecule has 1 saturated heterocycles. The number of anilines is 1. The Balaban J connectivity index is 1.81. The van der Waals surface area contributed by atoms with Gasteiger partial charge in [0.2, 0.25) is 0 Å². The second-order valence-electron chi connectivity index (χ2n) is 5.49. The molecule has 2 aromatic rings. The number of hydrogen-bond donors (Lipinski definition) is 1. The summed E-state index contributed by atoms with van der Waals surface area (Å²) in [5.74, 6) is 1.64. The molecule has 3 rings (SSSR count). The normalized spacial score (nSPS) is 21.4. The minimum atomic E-state index is -2.82. The van der Waals surface area contributed by atoms with E-state index < -0.39 is 9.84 Å². The fourth-order valence-electron chi connectivity index (χ4n) is 2.62. The number of sulfone groups is 1. The quantitative estimate of drug-likeness (QED) is 0.920. The van der Waals surface area contributed by atoms with Gasteiger partial charge in [0.15, 0.2) is 15.5 Å². The zero-order valence-corrected chi connectivity index (χ0v) is 12.4. The predicted molar refractivity (Wildman–Crippen MR) is 77.7 cm³/mol. The van der Waals surface area contributed by atoms with Crippen LogP contribution in [0.2, 0.25) is 0 Å². The highest BCUT2D eigenvalue weighted by Crippen LogP contribution is 2.20. The Labute approximate surface area is 118 Å². The summed E-state index contributed by atoms with van der Waals surface area (Å²) in [6.45, 7) is 4.52. The molecule has 1 fully saturated rings. The van der Waals surface area contributed by atoms with Crippen LogP contribution in [-0.2, 0) is 9.84 Å². The topological polar surface area (TPSA) is 76.4 Å². The van der Waals surface area contributed by atoms with Gasteiger partial charge in [0.25, 0.3) is 0 Å². The van der Waals surface area contributed by atoms with Crippen molar-refractivity contribution in [1.82, 2.24) is 14.6 Å². The number of fused-ring (bicyclic) bond motifs is 1. The number of nitrogens with one attached hydrogen (secondary N) is 1. The van der Waals surface area contributed by atoms with E-state index in [1.807, 2.05) is 26.0 Å². The van der Waals surface area contributed by atoms with Crippen molar-refractivity contribution in [2.24, 2.45) is 5.92 Å². The molecule has 2 aromatic heterocycles. The van der Waals surface area contributed by atoms with Crippen molar-refractivity contribution < 1.29 is 8.42 Å². The smallest absolute Gasteiger partial charge is 0.157 e. The molecule has 0 spiro atoms. The SMILES string of the molecule is Cc1cc(NCC2CCS(=O)(=O)C2)n2nc(C)cc2n1. The third kappa shape index (κ3) is 2.63. The standard InChI is InChI=1S/C13H18N4O2S/c1-9-5-12(17-13(15-9)6-10(2)16-17)14-7-11-3-4-20(18,19)8-11/h5-6,11,14H,3-4,7-8H2,1-2H3. The zero-order chi connectivity index (χ0) is 14.3. The molecule has 0 amide bonds. The first kappa shape index (κ1) is 13.4. The first-order chi connectivity index (χ1) is 9.43. The first-order valence-corrected chi connectivity index (χ1v) is 8.53. The molecule has 1 N–H and O–H groups in total. The molecule has 3 heterocycles. The van der Waals surface area contributed by atoms with Crippen molar-refractivity contribution in [1.29, 1.82) is 0 Å². The van der Waals surface area contributed by atoms with Crippen LogP contribution < -0.4 is 5.32 Å². The second-order valence-corrected chi connectivity index (χ2v) is 7.72. The van der Waals surface area contributed by atoms with Gasteiger partial charge >= 0.3 is 0 Å². The van der Waals surface area contributed by atoms with Crippen LogP contribution >= 0.6 is 0 Å². The molecule has 1 atom stereocenters. The second kappa shape index (κ2) is 4.73. The van der Waals surface area contributed by atoms with E-state index in [1.54, 1.807) is 4.52 Å². The third-order valence-electron chi connectivity index (χ3n) is 3.58.